The summed E-state index contributed by atoms with van der Waals surface area (Å²) < 4.78 is 0. The summed E-state index contributed by atoms with van der Waals surface area (Å²) in [6.45, 7) is 13.8. The normalized spacial score (nSPS) is 29.3. The lowest BCUT2D eigenvalue weighted by atomic mass is 9.89. The molecule has 1 N–H and O–H groups in total. The number of hydrogen-bond acceptors (Lipinski definition) is 1. The summed E-state index contributed by atoms with van der Waals surface area (Å²) in [5.74, 6) is 0.748. The van der Waals surface area contributed by atoms with Crippen LogP contribution in [0.4, 0.5) is 0 Å². The molecule has 0 radical (unpaired) electrons. The van der Waals surface area contributed by atoms with Crippen LogP contribution >= 0.6 is 0 Å². The van der Waals surface area contributed by atoms with Crippen LogP contribution in [0.25, 0.3) is 0 Å². The van der Waals surface area contributed by atoms with E-state index >= 15 is 0 Å². The van der Waals surface area contributed by atoms with Gasteiger partial charge in [0.05, 0.1) is 0 Å². The van der Waals surface area contributed by atoms with E-state index in [0.29, 0.717) is 10.8 Å². The van der Waals surface area contributed by atoms with Crippen molar-refractivity contribution in [3.05, 3.63) is 35.4 Å². The molecule has 0 bridgehead atoms. The average molecular weight is 245 g/mol. The fourth-order valence-electron chi connectivity index (χ4n) is 3.51. The summed E-state index contributed by atoms with van der Waals surface area (Å²) in [5.41, 5.74) is 3.68. The van der Waals surface area contributed by atoms with Crippen LogP contribution in [0.2, 0.25) is 0 Å². The fourth-order valence-corrected chi connectivity index (χ4v) is 3.51. The zero-order valence-corrected chi connectivity index (χ0v) is 12.5. The molecule has 1 nitrogen and oxygen atoms in total. The van der Waals surface area contributed by atoms with E-state index in [-0.39, 0.29) is 0 Å². The van der Waals surface area contributed by atoms with Crippen molar-refractivity contribution in [3.63, 3.8) is 0 Å². The van der Waals surface area contributed by atoms with Crippen molar-refractivity contribution in [2.75, 3.05) is 13.1 Å². The van der Waals surface area contributed by atoms with E-state index in [1.807, 2.05) is 0 Å². The lowest BCUT2D eigenvalue weighted by Gasteiger charge is -2.16. The van der Waals surface area contributed by atoms with Gasteiger partial charge in [0.15, 0.2) is 0 Å². The van der Waals surface area contributed by atoms with E-state index in [4.69, 9.17) is 0 Å². The first kappa shape index (κ1) is 13.6. The van der Waals surface area contributed by atoms with E-state index in [1.165, 1.54) is 11.1 Å². The van der Waals surface area contributed by atoms with E-state index in [1.54, 1.807) is 0 Å². The van der Waals surface area contributed by atoms with Crippen molar-refractivity contribution in [1.29, 1.82) is 0 Å². The van der Waals surface area contributed by atoms with Gasteiger partial charge in [0.2, 0.25) is 0 Å². The first-order valence-electron chi connectivity index (χ1n) is 7.28. The second-order valence-electron chi connectivity index (χ2n) is 6.33. The van der Waals surface area contributed by atoms with Gasteiger partial charge in [0.1, 0.15) is 0 Å². The molecule has 1 fully saturated rings. The quantitative estimate of drug-likeness (QED) is 0.832. The minimum atomic E-state index is 0.335. The Hall–Kier alpha value is -0.820. The van der Waals surface area contributed by atoms with E-state index in [9.17, 15) is 0 Å². The molecular formula is C17H27N. The largest absolute Gasteiger partial charge is 0.317 e. The van der Waals surface area contributed by atoms with Crippen molar-refractivity contribution in [3.8, 4) is 0 Å². The van der Waals surface area contributed by atoms with Gasteiger partial charge < -0.3 is 5.32 Å². The Labute approximate surface area is 112 Å². The predicted octanol–water partition coefficient (Wildman–Crippen LogP) is 3.77. The standard InChI is InChI=1S/C17H27N/c1-6-13-8-10-14(11-9-13)17(5)15(12-18-7-2)16(17,3)4/h8-11,15,18H,6-7,12H2,1-5H3. The molecular weight excluding hydrogens is 218 g/mol. The number of aryl methyl sites for hydroxylation is 1. The molecule has 100 valence electrons. The molecule has 1 heteroatoms. The molecule has 0 saturated heterocycles. The Morgan fingerprint density at radius 2 is 1.67 bits per heavy atom. The minimum Gasteiger partial charge on any atom is -0.317 e. The Morgan fingerprint density at radius 3 is 2.17 bits per heavy atom. The zero-order chi connectivity index (χ0) is 13.4. The van der Waals surface area contributed by atoms with Crippen LogP contribution in [0, 0.1) is 11.3 Å². The second-order valence-corrected chi connectivity index (χ2v) is 6.33. The molecule has 0 spiro atoms. The SMILES string of the molecule is CCNCC1C(C)(C)C1(C)c1ccc(CC)cc1. The summed E-state index contributed by atoms with van der Waals surface area (Å²) in [7, 11) is 0. The first-order valence-corrected chi connectivity index (χ1v) is 7.28. The van der Waals surface area contributed by atoms with Gasteiger partial charge in [-0.3, -0.25) is 0 Å². The zero-order valence-electron chi connectivity index (χ0n) is 12.5. The van der Waals surface area contributed by atoms with Gasteiger partial charge in [-0.25, -0.2) is 0 Å². The molecule has 2 atom stereocenters. The topological polar surface area (TPSA) is 12.0 Å². The van der Waals surface area contributed by atoms with Crippen LogP contribution in [0.1, 0.15) is 45.7 Å². The lowest BCUT2D eigenvalue weighted by molar-refractivity contribution is 0.509. The van der Waals surface area contributed by atoms with Crippen LogP contribution < -0.4 is 5.32 Å². The van der Waals surface area contributed by atoms with Crippen molar-refractivity contribution in [2.24, 2.45) is 11.3 Å². The molecule has 0 heterocycles. The Morgan fingerprint density at radius 1 is 1.06 bits per heavy atom. The highest BCUT2D eigenvalue weighted by atomic mass is 14.9. The second kappa shape index (κ2) is 4.70. The fraction of sp³-hybridized carbons (Fsp3) is 0.647. The summed E-state index contributed by atoms with van der Waals surface area (Å²) in [4.78, 5) is 0. The molecule has 18 heavy (non-hydrogen) atoms. The van der Waals surface area contributed by atoms with Crippen LogP contribution in [0.5, 0.6) is 0 Å². The molecule has 0 amide bonds. The van der Waals surface area contributed by atoms with Gasteiger partial charge in [-0.05, 0) is 42.0 Å². The van der Waals surface area contributed by atoms with E-state index in [2.05, 4.69) is 64.2 Å². The van der Waals surface area contributed by atoms with Crippen molar-refractivity contribution >= 4 is 0 Å². The minimum absolute atomic E-state index is 0.335. The van der Waals surface area contributed by atoms with Crippen LogP contribution in [0.3, 0.4) is 0 Å². The summed E-state index contributed by atoms with van der Waals surface area (Å²) in [6, 6.07) is 9.26. The number of benzene rings is 1. The average Bonchev–Trinajstić information content (AvgIpc) is 2.82. The maximum Gasteiger partial charge on any atom is 0.00250 e. The van der Waals surface area contributed by atoms with E-state index < -0.39 is 0 Å². The Kier molecular flexibility index (Phi) is 3.55. The number of hydrogen-bond donors (Lipinski definition) is 1. The predicted molar refractivity (Wildman–Crippen MR) is 79.0 cm³/mol. The molecule has 1 saturated carbocycles. The van der Waals surface area contributed by atoms with Crippen LogP contribution in [-0.2, 0) is 11.8 Å². The summed E-state index contributed by atoms with van der Waals surface area (Å²) in [5, 5.41) is 3.51. The molecule has 0 aromatic heterocycles. The van der Waals surface area contributed by atoms with Gasteiger partial charge in [-0.1, -0.05) is 58.9 Å². The van der Waals surface area contributed by atoms with Gasteiger partial charge in [-0.2, -0.15) is 0 Å². The van der Waals surface area contributed by atoms with E-state index in [0.717, 1.165) is 25.4 Å². The highest BCUT2D eigenvalue weighted by Gasteiger charge is 2.67. The monoisotopic (exact) mass is 245 g/mol. The van der Waals surface area contributed by atoms with Crippen LogP contribution in [0.15, 0.2) is 24.3 Å². The maximum atomic E-state index is 3.51. The van der Waals surface area contributed by atoms with Crippen molar-refractivity contribution in [1.82, 2.24) is 5.32 Å². The van der Waals surface area contributed by atoms with Crippen LogP contribution in [-0.4, -0.2) is 13.1 Å². The summed E-state index contributed by atoms with van der Waals surface area (Å²) in [6.07, 6.45) is 1.13. The van der Waals surface area contributed by atoms with Gasteiger partial charge >= 0.3 is 0 Å². The number of rotatable bonds is 5. The summed E-state index contributed by atoms with van der Waals surface area (Å²) >= 11 is 0. The Bertz CT molecular complexity index is 404. The highest BCUT2D eigenvalue weighted by molar-refractivity contribution is 5.40. The maximum absolute atomic E-state index is 3.51. The third kappa shape index (κ3) is 1.89. The van der Waals surface area contributed by atoms with Gasteiger partial charge in [0, 0.05) is 5.41 Å². The van der Waals surface area contributed by atoms with Crippen molar-refractivity contribution < 1.29 is 0 Å². The highest BCUT2D eigenvalue weighted by Crippen LogP contribution is 2.68. The molecule has 2 rings (SSSR count). The third-order valence-corrected chi connectivity index (χ3v) is 5.38. The number of nitrogens with one attached hydrogen (secondary N) is 1. The lowest BCUT2D eigenvalue weighted by Crippen LogP contribution is -2.19. The third-order valence-electron chi connectivity index (χ3n) is 5.38. The van der Waals surface area contributed by atoms with Gasteiger partial charge in [0.25, 0.3) is 0 Å². The molecule has 1 aliphatic rings. The smallest absolute Gasteiger partial charge is 0.00250 e. The molecule has 1 aromatic carbocycles. The molecule has 1 aliphatic carbocycles. The Balaban J connectivity index is 2.20. The first-order chi connectivity index (χ1) is 8.48. The molecule has 1 aromatic rings. The van der Waals surface area contributed by atoms with Gasteiger partial charge in [-0.15, -0.1) is 0 Å². The molecule has 2 unspecified atom stereocenters. The molecule has 0 aliphatic heterocycles. The van der Waals surface area contributed by atoms with Crippen molar-refractivity contribution in [2.45, 2.75) is 46.5 Å².